The summed E-state index contributed by atoms with van der Waals surface area (Å²) in [5.41, 5.74) is 0. The Kier molecular flexibility index (Phi) is 3.96. The quantitative estimate of drug-likeness (QED) is 0.764. The van der Waals surface area contributed by atoms with Crippen LogP contribution in [-0.4, -0.2) is 44.5 Å². The number of nitrogens with one attached hydrogen (secondary N) is 2. The standard InChI is InChI=1S/C16H28N2O3/c1-9-3-4-11-13(5-9)18-8-19-7-14-15(11)12(6-17-14)16-20-10(2)21-16/h9-18H,3-8H2,1-2H3. The van der Waals surface area contributed by atoms with Crippen molar-refractivity contribution in [2.24, 2.45) is 23.7 Å². The minimum absolute atomic E-state index is 0.0121. The lowest BCUT2D eigenvalue weighted by Gasteiger charge is -2.47. The van der Waals surface area contributed by atoms with Gasteiger partial charge in [0.2, 0.25) is 0 Å². The fraction of sp³-hybridized carbons (Fsp3) is 1.00. The molecule has 4 fully saturated rings. The molecule has 1 aliphatic carbocycles. The Labute approximate surface area is 127 Å². The predicted octanol–water partition coefficient (Wildman–Crippen LogP) is 1.29. The van der Waals surface area contributed by atoms with E-state index in [9.17, 15) is 0 Å². The van der Waals surface area contributed by atoms with Crippen LogP contribution in [0.4, 0.5) is 0 Å². The summed E-state index contributed by atoms with van der Waals surface area (Å²) in [5, 5.41) is 7.31. The van der Waals surface area contributed by atoms with E-state index in [0.29, 0.717) is 30.7 Å². The van der Waals surface area contributed by atoms with Gasteiger partial charge in [0.05, 0.1) is 13.3 Å². The molecule has 21 heavy (non-hydrogen) atoms. The largest absolute Gasteiger partial charge is 0.365 e. The van der Waals surface area contributed by atoms with Crippen molar-refractivity contribution < 1.29 is 14.2 Å². The van der Waals surface area contributed by atoms with Gasteiger partial charge in [0.15, 0.2) is 12.6 Å². The van der Waals surface area contributed by atoms with Crippen molar-refractivity contribution in [1.82, 2.24) is 10.6 Å². The van der Waals surface area contributed by atoms with E-state index in [4.69, 9.17) is 14.2 Å². The van der Waals surface area contributed by atoms with Crippen LogP contribution >= 0.6 is 0 Å². The number of ether oxygens (including phenoxy) is 3. The molecule has 1 saturated carbocycles. The first-order valence-electron chi connectivity index (χ1n) is 8.58. The Bertz CT molecular complexity index is 375. The minimum atomic E-state index is -0.0286. The lowest BCUT2D eigenvalue weighted by atomic mass is 9.67. The van der Waals surface area contributed by atoms with Gasteiger partial charge in [-0.15, -0.1) is 0 Å². The highest BCUT2D eigenvalue weighted by molar-refractivity contribution is 5.01. The highest BCUT2D eigenvalue weighted by atomic mass is 16.9. The average Bonchev–Trinajstić information content (AvgIpc) is 2.80. The van der Waals surface area contributed by atoms with Crippen LogP contribution in [-0.2, 0) is 14.2 Å². The third-order valence-corrected chi connectivity index (χ3v) is 5.98. The van der Waals surface area contributed by atoms with Crippen LogP contribution in [0.15, 0.2) is 0 Å². The van der Waals surface area contributed by atoms with Gasteiger partial charge in [-0.25, -0.2) is 0 Å². The lowest BCUT2D eigenvalue weighted by Crippen LogP contribution is -2.54. The molecule has 5 nitrogen and oxygen atoms in total. The molecule has 0 aromatic rings. The maximum atomic E-state index is 5.82. The van der Waals surface area contributed by atoms with Crippen molar-refractivity contribution in [3.63, 3.8) is 0 Å². The van der Waals surface area contributed by atoms with Gasteiger partial charge in [-0.1, -0.05) is 13.3 Å². The van der Waals surface area contributed by atoms with E-state index in [1.165, 1.54) is 19.3 Å². The Balaban J connectivity index is 1.54. The molecule has 3 aliphatic heterocycles. The molecule has 3 heterocycles. The van der Waals surface area contributed by atoms with Crippen LogP contribution in [0, 0.1) is 23.7 Å². The summed E-state index contributed by atoms with van der Waals surface area (Å²) in [7, 11) is 0. The highest BCUT2D eigenvalue weighted by Crippen LogP contribution is 2.44. The summed E-state index contributed by atoms with van der Waals surface area (Å²) in [6, 6.07) is 1.04. The topological polar surface area (TPSA) is 51.8 Å². The molecular formula is C16H28N2O3. The molecular weight excluding hydrogens is 268 g/mol. The van der Waals surface area contributed by atoms with E-state index < -0.39 is 0 Å². The summed E-state index contributed by atoms with van der Waals surface area (Å²) in [6.45, 7) is 6.84. The van der Waals surface area contributed by atoms with E-state index in [2.05, 4.69) is 17.6 Å². The van der Waals surface area contributed by atoms with Crippen LogP contribution in [0.2, 0.25) is 0 Å². The maximum Gasteiger partial charge on any atom is 0.168 e. The predicted molar refractivity (Wildman–Crippen MR) is 78.4 cm³/mol. The van der Waals surface area contributed by atoms with Crippen LogP contribution in [0.1, 0.15) is 33.1 Å². The minimum Gasteiger partial charge on any atom is -0.365 e. The van der Waals surface area contributed by atoms with Crippen molar-refractivity contribution in [2.45, 2.75) is 57.8 Å². The maximum absolute atomic E-state index is 5.82. The Morgan fingerprint density at radius 1 is 0.952 bits per heavy atom. The molecule has 5 heteroatoms. The van der Waals surface area contributed by atoms with Crippen molar-refractivity contribution >= 4 is 0 Å². The number of hydrogen-bond donors (Lipinski definition) is 2. The molecule has 0 aromatic heterocycles. The van der Waals surface area contributed by atoms with E-state index >= 15 is 0 Å². The lowest BCUT2D eigenvalue weighted by molar-refractivity contribution is -0.395. The molecule has 0 bridgehead atoms. The normalized spacial score (nSPS) is 54.0. The second-order valence-electron chi connectivity index (χ2n) is 7.37. The number of fused-ring (bicyclic) bond motifs is 3. The van der Waals surface area contributed by atoms with Crippen LogP contribution < -0.4 is 10.6 Å². The Morgan fingerprint density at radius 3 is 2.62 bits per heavy atom. The van der Waals surface area contributed by atoms with Gasteiger partial charge >= 0.3 is 0 Å². The van der Waals surface area contributed by atoms with E-state index in [1.807, 2.05) is 6.92 Å². The Hall–Kier alpha value is -0.200. The highest BCUT2D eigenvalue weighted by Gasteiger charge is 2.51. The van der Waals surface area contributed by atoms with E-state index in [1.54, 1.807) is 0 Å². The number of hydrogen-bond acceptors (Lipinski definition) is 5. The molecule has 4 rings (SSSR count). The molecule has 6 atom stereocenters. The van der Waals surface area contributed by atoms with Crippen LogP contribution in [0.25, 0.3) is 0 Å². The van der Waals surface area contributed by atoms with Gasteiger partial charge in [0.1, 0.15) is 0 Å². The van der Waals surface area contributed by atoms with E-state index in [0.717, 1.165) is 25.0 Å². The fourth-order valence-corrected chi connectivity index (χ4v) is 4.96. The van der Waals surface area contributed by atoms with Crippen molar-refractivity contribution in [3.05, 3.63) is 0 Å². The molecule has 6 unspecified atom stereocenters. The van der Waals surface area contributed by atoms with Gasteiger partial charge in [0.25, 0.3) is 0 Å². The molecule has 3 saturated heterocycles. The second kappa shape index (κ2) is 5.78. The average molecular weight is 296 g/mol. The first-order chi connectivity index (χ1) is 10.2. The first-order valence-corrected chi connectivity index (χ1v) is 8.58. The monoisotopic (exact) mass is 296 g/mol. The molecule has 0 spiro atoms. The SMILES string of the molecule is CC1CCC2C(C1)NCOCC1NCC(C3OC(C)O3)C12. The van der Waals surface area contributed by atoms with E-state index in [-0.39, 0.29) is 12.6 Å². The molecule has 0 aromatic carbocycles. The molecule has 2 N–H and O–H groups in total. The summed E-state index contributed by atoms with van der Waals surface area (Å²) in [4.78, 5) is 0. The zero-order valence-corrected chi connectivity index (χ0v) is 13.1. The molecule has 0 amide bonds. The summed E-state index contributed by atoms with van der Waals surface area (Å²) in [5.74, 6) is 2.61. The van der Waals surface area contributed by atoms with Crippen molar-refractivity contribution in [3.8, 4) is 0 Å². The Morgan fingerprint density at radius 2 is 1.81 bits per heavy atom. The molecule has 0 radical (unpaired) electrons. The summed E-state index contributed by atoms with van der Waals surface area (Å²) in [6.07, 6.45) is 3.90. The van der Waals surface area contributed by atoms with Crippen LogP contribution in [0.5, 0.6) is 0 Å². The third kappa shape index (κ3) is 2.63. The summed E-state index contributed by atoms with van der Waals surface area (Å²) < 4.78 is 17.5. The smallest absolute Gasteiger partial charge is 0.168 e. The molecule has 120 valence electrons. The molecule has 4 aliphatic rings. The van der Waals surface area contributed by atoms with Crippen molar-refractivity contribution in [1.29, 1.82) is 0 Å². The zero-order valence-electron chi connectivity index (χ0n) is 13.1. The third-order valence-electron chi connectivity index (χ3n) is 5.98. The van der Waals surface area contributed by atoms with Crippen LogP contribution in [0.3, 0.4) is 0 Å². The van der Waals surface area contributed by atoms with Gasteiger partial charge in [-0.05, 0) is 37.5 Å². The van der Waals surface area contributed by atoms with Crippen molar-refractivity contribution in [2.75, 3.05) is 19.9 Å². The van der Waals surface area contributed by atoms with Gasteiger partial charge in [0, 0.05) is 24.5 Å². The summed E-state index contributed by atoms with van der Waals surface area (Å²) >= 11 is 0. The second-order valence-corrected chi connectivity index (χ2v) is 7.37. The van der Waals surface area contributed by atoms with Gasteiger partial charge in [-0.3, -0.25) is 5.32 Å². The van der Waals surface area contributed by atoms with Gasteiger partial charge in [-0.2, -0.15) is 0 Å². The number of rotatable bonds is 1. The fourth-order valence-electron chi connectivity index (χ4n) is 4.96. The zero-order chi connectivity index (χ0) is 14.4. The first kappa shape index (κ1) is 14.4. The van der Waals surface area contributed by atoms with Gasteiger partial charge < -0.3 is 19.5 Å².